The van der Waals surface area contributed by atoms with E-state index in [-0.39, 0.29) is 0 Å². The third-order valence-electron chi connectivity index (χ3n) is 8.04. The van der Waals surface area contributed by atoms with Gasteiger partial charge in [0.15, 0.2) is 0 Å². The van der Waals surface area contributed by atoms with Crippen molar-refractivity contribution >= 4 is 41.1 Å². The summed E-state index contributed by atoms with van der Waals surface area (Å²) >= 11 is 0. The van der Waals surface area contributed by atoms with Crippen LogP contribution in [0.1, 0.15) is 0 Å². The first-order chi connectivity index (χ1) is 20.7. The van der Waals surface area contributed by atoms with Crippen molar-refractivity contribution in [1.82, 2.24) is 0 Å². The zero-order chi connectivity index (χ0) is 28.3. The third-order valence-corrected chi connectivity index (χ3v) is 8.04. The number of hydrogen-bond donors (Lipinski definition) is 0. The Kier molecular flexibility index (Phi) is 6.88. The molecule has 0 N–H and O–H groups in total. The molecule has 0 unspecified atom stereocenters. The lowest BCUT2D eigenvalue weighted by molar-refractivity contribution is 1.28. The highest BCUT2D eigenvalue weighted by molar-refractivity contribution is 6.39. The van der Waals surface area contributed by atoms with Gasteiger partial charge in [0.05, 0.1) is 0 Å². The van der Waals surface area contributed by atoms with Crippen molar-refractivity contribution in [1.29, 1.82) is 0 Å². The number of rotatable bonds is 6. The van der Waals surface area contributed by atoms with Crippen LogP contribution in [-0.2, 0) is 0 Å². The molecule has 0 aliphatic heterocycles. The van der Waals surface area contributed by atoms with Crippen LogP contribution in [0.4, 0.5) is 17.1 Å². The van der Waals surface area contributed by atoms with Crippen LogP contribution in [0.3, 0.4) is 0 Å². The fourth-order valence-electron chi connectivity index (χ4n) is 5.82. The molecule has 0 fully saturated rings. The van der Waals surface area contributed by atoms with Gasteiger partial charge in [0, 0.05) is 17.1 Å². The van der Waals surface area contributed by atoms with Crippen molar-refractivity contribution in [3.63, 3.8) is 0 Å². The van der Waals surface area contributed by atoms with E-state index < -0.39 is 0 Å². The minimum Gasteiger partial charge on any atom is -0.311 e. The van der Waals surface area contributed by atoms with Crippen LogP contribution < -0.4 is 10.4 Å². The Labute approximate surface area is 248 Å². The molecule has 0 spiro atoms. The summed E-state index contributed by atoms with van der Waals surface area (Å²) in [5, 5.41) is 2.59. The summed E-state index contributed by atoms with van der Waals surface area (Å²) in [6, 6.07) is 60.9. The molecule has 0 saturated carbocycles. The number of benzene rings is 7. The van der Waals surface area contributed by atoms with Crippen LogP contribution in [0.15, 0.2) is 170 Å². The maximum absolute atomic E-state index is 2.33. The molecule has 0 radical (unpaired) electrons. The van der Waals surface area contributed by atoms with Gasteiger partial charge in [-0.1, -0.05) is 139 Å². The van der Waals surface area contributed by atoms with Crippen molar-refractivity contribution in [2.24, 2.45) is 0 Å². The van der Waals surface area contributed by atoms with Gasteiger partial charge < -0.3 is 4.90 Å². The molecule has 0 heterocycles. The topological polar surface area (TPSA) is 3.24 Å². The highest BCUT2D eigenvalue weighted by Crippen LogP contribution is 2.38. The zero-order valence-electron chi connectivity index (χ0n) is 23.6. The Morgan fingerprint density at radius 1 is 0.310 bits per heavy atom. The molecule has 0 aliphatic carbocycles. The van der Waals surface area contributed by atoms with Gasteiger partial charge in [0.25, 0.3) is 0 Å². The third kappa shape index (κ3) is 5.00. The molecule has 198 valence electrons. The van der Waals surface area contributed by atoms with E-state index in [0.29, 0.717) is 0 Å². The summed E-state index contributed by atoms with van der Waals surface area (Å²) in [6.07, 6.45) is 0. The summed E-state index contributed by atoms with van der Waals surface area (Å²) in [5.41, 5.74) is 12.0. The van der Waals surface area contributed by atoms with E-state index in [2.05, 4.69) is 183 Å². The van der Waals surface area contributed by atoms with E-state index in [1.54, 1.807) is 0 Å². The van der Waals surface area contributed by atoms with E-state index in [9.17, 15) is 0 Å². The minimum absolute atomic E-state index is 1.12. The molecule has 0 saturated heterocycles. The molecule has 1 nitrogen and oxygen atoms in total. The minimum atomic E-state index is 1.12. The molecule has 0 bridgehead atoms. The molecule has 0 atom stereocenters. The van der Waals surface area contributed by atoms with Gasteiger partial charge in [-0.2, -0.15) is 0 Å². The standard InChI is InChI=1S/C40H30BN/c41-40-16-8-14-38-37(13-7-15-39(38)40)33-21-27-36(28-22-33)42(34-23-17-31(18-24-34)29-9-3-1-4-10-29)35-25-19-32(20-26-35)30-11-5-2-6-12-30/h1-28H,41H2. The van der Waals surface area contributed by atoms with E-state index in [1.807, 2.05) is 0 Å². The van der Waals surface area contributed by atoms with Crippen molar-refractivity contribution in [2.45, 2.75) is 0 Å². The SMILES string of the molecule is Bc1cccc2c(-c3ccc(N(c4ccc(-c5ccccc5)cc4)c4ccc(-c5ccccc5)cc4)cc3)cccc12. The van der Waals surface area contributed by atoms with Gasteiger partial charge in [0.1, 0.15) is 7.85 Å². The van der Waals surface area contributed by atoms with Gasteiger partial charge in [-0.25, -0.2) is 0 Å². The average molecular weight is 535 g/mol. The number of anilines is 3. The molecule has 7 aromatic rings. The van der Waals surface area contributed by atoms with E-state index >= 15 is 0 Å². The Bertz CT molecular complexity index is 1860. The maximum Gasteiger partial charge on any atom is 0.140 e. The van der Waals surface area contributed by atoms with E-state index in [1.165, 1.54) is 49.6 Å². The molecule has 2 heteroatoms. The summed E-state index contributed by atoms with van der Waals surface area (Å²) in [5.74, 6) is 0. The zero-order valence-corrected chi connectivity index (χ0v) is 23.6. The highest BCUT2D eigenvalue weighted by Gasteiger charge is 2.14. The summed E-state index contributed by atoms with van der Waals surface area (Å²) in [4.78, 5) is 2.33. The quantitative estimate of drug-likeness (QED) is 0.192. The molecular weight excluding hydrogens is 505 g/mol. The lowest BCUT2D eigenvalue weighted by Gasteiger charge is -2.26. The van der Waals surface area contributed by atoms with Gasteiger partial charge in [0.2, 0.25) is 0 Å². The highest BCUT2D eigenvalue weighted by atomic mass is 15.1. The molecule has 7 rings (SSSR count). The number of fused-ring (bicyclic) bond motifs is 1. The normalized spacial score (nSPS) is 11.0. The molecular formula is C40H30BN. The Morgan fingerprint density at radius 3 is 1.21 bits per heavy atom. The molecule has 0 amide bonds. The largest absolute Gasteiger partial charge is 0.311 e. The molecule has 0 aliphatic rings. The fourth-order valence-corrected chi connectivity index (χ4v) is 5.82. The van der Waals surface area contributed by atoms with Crippen molar-refractivity contribution in [3.05, 3.63) is 170 Å². The van der Waals surface area contributed by atoms with Crippen LogP contribution >= 0.6 is 0 Å². The van der Waals surface area contributed by atoms with Crippen LogP contribution in [0.5, 0.6) is 0 Å². The lowest BCUT2D eigenvalue weighted by Crippen LogP contribution is -2.09. The van der Waals surface area contributed by atoms with Crippen molar-refractivity contribution in [3.8, 4) is 33.4 Å². The Balaban J connectivity index is 1.29. The van der Waals surface area contributed by atoms with Crippen molar-refractivity contribution < 1.29 is 0 Å². The monoisotopic (exact) mass is 535 g/mol. The second-order valence-electron chi connectivity index (χ2n) is 10.7. The fraction of sp³-hybridized carbons (Fsp3) is 0. The summed E-state index contributed by atoms with van der Waals surface area (Å²) < 4.78 is 0. The Morgan fingerprint density at radius 2 is 0.714 bits per heavy atom. The van der Waals surface area contributed by atoms with Crippen LogP contribution in [-0.4, -0.2) is 7.85 Å². The van der Waals surface area contributed by atoms with Crippen LogP contribution in [0, 0.1) is 0 Å². The van der Waals surface area contributed by atoms with Crippen molar-refractivity contribution in [2.75, 3.05) is 4.90 Å². The first-order valence-corrected chi connectivity index (χ1v) is 14.4. The smallest absolute Gasteiger partial charge is 0.140 e. The number of nitrogens with zero attached hydrogens (tertiary/aromatic N) is 1. The van der Waals surface area contributed by atoms with Gasteiger partial charge >= 0.3 is 0 Å². The number of hydrogen-bond acceptors (Lipinski definition) is 1. The first-order valence-electron chi connectivity index (χ1n) is 14.4. The van der Waals surface area contributed by atoms with E-state index in [4.69, 9.17) is 0 Å². The predicted octanol–water partition coefficient (Wildman–Crippen LogP) is 9.57. The summed E-state index contributed by atoms with van der Waals surface area (Å²) in [7, 11) is 2.18. The van der Waals surface area contributed by atoms with E-state index in [0.717, 1.165) is 17.1 Å². The molecule has 7 aromatic carbocycles. The van der Waals surface area contributed by atoms with Gasteiger partial charge in [-0.3, -0.25) is 0 Å². The van der Waals surface area contributed by atoms with Crippen LogP contribution in [0.25, 0.3) is 44.2 Å². The second kappa shape index (κ2) is 11.3. The van der Waals surface area contributed by atoms with Crippen LogP contribution in [0.2, 0.25) is 0 Å². The second-order valence-corrected chi connectivity index (χ2v) is 10.7. The molecule has 0 aromatic heterocycles. The maximum atomic E-state index is 2.33. The average Bonchev–Trinajstić information content (AvgIpc) is 3.07. The first kappa shape index (κ1) is 25.6. The van der Waals surface area contributed by atoms with Gasteiger partial charge in [-0.05, 0) is 80.6 Å². The summed E-state index contributed by atoms with van der Waals surface area (Å²) in [6.45, 7) is 0. The Hall–Kier alpha value is -5.34. The molecule has 42 heavy (non-hydrogen) atoms. The predicted molar refractivity (Wildman–Crippen MR) is 183 cm³/mol. The van der Waals surface area contributed by atoms with Gasteiger partial charge in [-0.15, -0.1) is 0 Å². The lowest BCUT2D eigenvalue weighted by atomic mass is 9.87.